The van der Waals surface area contributed by atoms with Gasteiger partial charge in [-0.25, -0.2) is 0 Å². The van der Waals surface area contributed by atoms with Crippen LogP contribution in [-0.2, 0) is 6.42 Å². The van der Waals surface area contributed by atoms with Crippen LogP contribution in [0.5, 0.6) is 11.5 Å². The minimum absolute atomic E-state index is 0.963. The van der Waals surface area contributed by atoms with Crippen LogP contribution in [0.1, 0.15) is 56.6 Å². The van der Waals surface area contributed by atoms with E-state index in [1.165, 1.54) is 74.1 Å². The van der Waals surface area contributed by atoms with Crippen molar-refractivity contribution in [1.29, 1.82) is 0 Å². The Balaban J connectivity index is 1.51. The maximum atomic E-state index is 6.37. The van der Waals surface area contributed by atoms with Crippen molar-refractivity contribution in [2.45, 2.75) is 51.9 Å². The first kappa shape index (κ1) is 18.2. The van der Waals surface area contributed by atoms with E-state index < -0.39 is 0 Å². The molecule has 3 heteroatoms. The van der Waals surface area contributed by atoms with Gasteiger partial charge in [-0.05, 0) is 48.9 Å². The molecule has 0 saturated carbocycles. The van der Waals surface area contributed by atoms with Gasteiger partial charge in [-0.2, -0.15) is 0 Å². The zero-order chi connectivity index (χ0) is 18.6. The number of fused-ring (bicyclic) bond motifs is 2. The Bertz CT molecular complexity index is 780. The Labute approximate surface area is 163 Å². The molecule has 2 aliphatic heterocycles. The molecule has 0 unspecified atom stereocenters. The third-order valence-electron chi connectivity index (χ3n) is 5.96. The van der Waals surface area contributed by atoms with Crippen LogP contribution in [0.4, 0.5) is 11.4 Å². The van der Waals surface area contributed by atoms with E-state index in [0.29, 0.717) is 0 Å². The Morgan fingerprint density at radius 2 is 1.67 bits per heavy atom. The molecule has 2 aromatic rings. The third kappa shape index (κ3) is 4.07. The van der Waals surface area contributed by atoms with Crippen molar-refractivity contribution in [2.75, 3.05) is 36.5 Å². The molecule has 3 nitrogen and oxygen atoms in total. The van der Waals surface area contributed by atoms with Crippen molar-refractivity contribution < 1.29 is 4.74 Å². The van der Waals surface area contributed by atoms with Crippen LogP contribution in [0.25, 0.3) is 0 Å². The summed E-state index contributed by atoms with van der Waals surface area (Å²) in [7, 11) is 2.18. The molecule has 27 heavy (non-hydrogen) atoms. The van der Waals surface area contributed by atoms with Crippen LogP contribution in [0.15, 0.2) is 36.4 Å². The zero-order valence-corrected chi connectivity index (χ0v) is 16.8. The Kier molecular flexibility index (Phi) is 5.56. The first-order chi connectivity index (χ1) is 13.2. The Hall–Kier alpha value is -2.16. The lowest BCUT2D eigenvalue weighted by molar-refractivity contribution is 0.459. The number of rotatable bonds is 6. The van der Waals surface area contributed by atoms with Gasteiger partial charge >= 0.3 is 0 Å². The van der Waals surface area contributed by atoms with Crippen molar-refractivity contribution in [1.82, 2.24) is 0 Å². The van der Waals surface area contributed by atoms with Crippen molar-refractivity contribution in [3.05, 3.63) is 47.5 Å². The maximum absolute atomic E-state index is 6.37. The summed E-state index contributed by atoms with van der Waals surface area (Å²) in [5, 5.41) is 0. The minimum Gasteiger partial charge on any atom is -0.457 e. The van der Waals surface area contributed by atoms with E-state index in [-0.39, 0.29) is 0 Å². The number of anilines is 2. The van der Waals surface area contributed by atoms with E-state index >= 15 is 0 Å². The van der Waals surface area contributed by atoms with Crippen molar-refractivity contribution in [2.24, 2.45) is 0 Å². The van der Waals surface area contributed by atoms with Crippen LogP contribution in [-0.4, -0.2) is 26.7 Å². The molecule has 2 heterocycles. The summed E-state index contributed by atoms with van der Waals surface area (Å²) in [4.78, 5) is 4.85. The van der Waals surface area contributed by atoms with E-state index in [2.05, 4.69) is 60.2 Å². The molecule has 2 aliphatic rings. The monoisotopic (exact) mass is 364 g/mol. The van der Waals surface area contributed by atoms with E-state index in [1.54, 1.807) is 0 Å². The maximum Gasteiger partial charge on any atom is 0.133 e. The molecule has 0 spiro atoms. The molecule has 0 aliphatic carbocycles. The molecule has 0 N–H and O–H groups in total. The van der Waals surface area contributed by atoms with Gasteiger partial charge in [-0.1, -0.05) is 31.9 Å². The second-order valence-corrected chi connectivity index (χ2v) is 8.04. The van der Waals surface area contributed by atoms with Gasteiger partial charge in [-0.3, -0.25) is 0 Å². The normalized spacial score (nSPS) is 15.7. The van der Waals surface area contributed by atoms with Gasteiger partial charge in [0.05, 0.1) is 0 Å². The quantitative estimate of drug-likeness (QED) is 0.499. The molecule has 1 saturated heterocycles. The molecule has 2 aromatic carbocycles. The number of ether oxygens (including phenoxy) is 1. The summed E-state index contributed by atoms with van der Waals surface area (Å²) < 4.78 is 6.37. The molecule has 4 rings (SSSR count). The van der Waals surface area contributed by atoms with Crippen LogP contribution in [0.3, 0.4) is 0 Å². The summed E-state index contributed by atoms with van der Waals surface area (Å²) in [6.45, 7) is 5.69. The average molecular weight is 365 g/mol. The van der Waals surface area contributed by atoms with Crippen LogP contribution < -0.4 is 14.5 Å². The molecule has 0 aromatic heterocycles. The fourth-order valence-electron chi connectivity index (χ4n) is 4.21. The number of nitrogens with zero attached hydrogens (tertiary/aromatic N) is 2. The molecule has 0 amide bonds. The highest BCUT2D eigenvalue weighted by molar-refractivity contribution is 5.61. The fourth-order valence-corrected chi connectivity index (χ4v) is 4.21. The SMILES string of the molecule is CCCCCN(C)c1ccc2c(c1)Oc1cc(N3CCCCC3)ccc1C2. The van der Waals surface area contributed by atoms with Gasteiger partial charge in [-0.15, -0.1) is 0 Å². The number of unbranched alkanes of at least 4 members (excludes halogenated alkanes) is 2. The molecule has 0 atom stereocenters. The lowest BCUT2D eigenvalue weighted by atomic mass is 9.99. The van der Waals surface area contributed by atoms with Crippen molar-refractivity contribution in [3.8, 4) is 11.5 Å². The largest absolute Gasteiger partial charge is 0.457 e. The smallest absolute Gasteiger partial charge is 0.133 e. The molecular weight excluding hydrogens is 332 g/mol. The predicted molar refractivity (Wildman–Crippen MR) is 115 cm³/mol. The van der Waals surface area contributed by atoms with Gasteiger partial charge in [0.15, 0.2) is 0 Å². The second-order valence-electron chi connectivity index (χ2n) is 8.04. The summed E-state index contributed by atoms with van der Waals surface area (Å²) in [5.74, 6) is 2.06. The molecule has 0 radical (unpaired) electrons. The Morgan fingerprint density at radius 3 is 2.44 bits per heavy atom. The highest BCUT2D eigenvalue weighted by Crippen LogP contribution is 2.40. The number of benzene rings is 2. The molecule has 0 bridgehead atoms. The number of piperidine rings is 1. The topological polar surface area (TPSA) is 15.7 Å². The fraction of sp³-hybridized carbons (Fsp3) is 0.500. The van der Waals surface area contributed by atoms with E-state index in [4.69, 9.17) is 4.74 Å². The summed E-state index contributed by atoms with van der Waals surface area (Å²) in [6.07, 6.45) is 8.72. The summed E-state index contributed by atoms with van der Waals surface area (Å²) in [6, 6.07) is 13.5. The first-order valence-electron chi connectivity index (χ1n) is 10.6. The van der Waals surface area contributed by atoms with Gasteiger partial charge in [0.2, 0.25) is 0 Å². The molecule has 1 fully saturated rings. The van der Waals surface area contributed by atoms with E-state index in [1.807, 2.05) is 0 Å². The minimum atomic E-state index is 0.963. The number of hydrogen-bond donors (Lipinski definition) is 0. The first-order valence-corrected chi connectivity index (χ1v) is 10.6. The van der Waals surface area contributed by atoms with Crippen molar-refractivity contribution >= 4 is 11.4 Å². The van der Waals surface area contributed by atoms with Gasteiger partial charge in [0, 0.05) is 56.6 Å². The lowest BCUT2D eigenvalue weighted by Crippen LogP contribution is -2.29. The second kappa shape index (κ2) is 8.24. The van der Waals surface area contributed by atoms with Crippen LogP contribution in [0.2, 0.25) is 0 Å². The summed E-state index contributed by atoms with van der Waals surface area (Å²) >= 11 is 0. The van der Waals surface area contributed by atoms with Crippen LogP contribution >= 0.6 is 0 Å². The highest BCUT2D eigenvalue weighted by atomic mass is 16.5. The lowest BCUT2D eigenvalue weighted by Gasteiger charge is -2.30. The Morgan fingerprint density at radius 1 is 0.926 bits per heavy atom. The van der Waals surface area contributed by atoms with E-state index in [0.717, 1.165) is 24.5 Å². The number of hydrogen-bond acceptors (Lipinski definition) is 3. The zero-order valence-electron chi connectivity index (χ0n) is 16.8. The van der Waals surface area contributed by atoms with Gasteiger partial charge in [0.1, 0.15) is 11.5 Å². The van der Waals surface area contributed by atoms with Crippen LogP contribution in [0, 0.1) is 0 Å². The third-order valence-corrected chi connectivity index (χ3v) is 5.96. The summed E-state index contributed by atoms with van der Waals surface area (Å²) in [5.41, 5.74) is 5.15. The predicted octanol–water partition coefficient (Wildman–Crippen LogP) is 6.00. The van der Waals surface area contributed by atoms with Gasteiger partial charge in [0.25, 0.3) is 0 Å². The molecule has 144 valence electrons. The molecular formula is C24H32N2O. The average Bonchev–Trinajstić information content (AvgIpc) is 2.72. The van der Waals surface area contributed by atoms with E-state index in [9.17, 15) is 0 Å². The van der Waals surface area contributed by atoms with Gasteiger partial charge < -0.3 is 14.5 Å². The highest BCUT2D eigenvalue weighted by Gasteiger charge is 2.20. The standard InChI is InChI=1S/C24H32N2O/c1-3-4-6-13-25(2)21-11-9-19-16-20-10-12-22(26-14-7-5-8-15-26)18-24(20)27-23(19)17-21/h9-12,17-18H,3-8,13-16H2,1-2H3. The van der Waals surface area contributed by atoms with Crippen molar-refractivity contribution in [3.63, 3.8) is 0 Å².